The number of hydrogen-bond donors (Lipinski definition) is 2. The van der Waals surface area contributed by atoms with Crippen molar-refractivity contribution in [1.82, 2.24) is 9.55 Å². The van der Waals surface area contributed by atoms with E-state index in [0.717, 1.165) is 0 Å². The quantitative estimate of drug-likeness (QED) is 0.399. The lowest BCUT2D eigenvalue weighted by Crippen LogP contribution is -2.67. The van der Waals surface area contributed by atoms with Crippen LogP contribution in [0.4, 0.5) is 0 Å². The number of H-pyrrole nitrogens is 1. The van der Waals surface area contributed by atoms with Crippen LogP contribution in [0.15, 0.2) is 21.9 Å². The van der Waals surface area contributed by atoms with Gasteiger partial charge in [-0.15, -0.1) is 5.54 Å². The van der Waals surface area contributed by atoms with E-state index in [4.69, 9.17) is 17.7 Å². The zero-order valence-electron chi connectivity index (χ0n) is 24.7. The Bertz CT molecular complexity index is 1160. The Morgan fingerprint density at radius 2 is 1.58 bits per heavy atom. The Balaban J connectivity index is 2.28. The van der Waals surface area contributed by atoms with Crippen LogP contribution in [0.3, 0.4) is 0 Å². The summed E-state index contributed by atoms with van der Waals surface area (Å²) in [5.41, 5.74) is 0.560. The smallest absolute Gasteiger partial charge is 0.335 e. The normalized spacial score (nSPS) is 29.2. The fourth-order valence-electron chi connectivity index (χ4n) is 5.49. The molecule has 0 spiro atoms. The SMILES string of the molecule is CC(C)[Si]1(C(C)C)OC[C@H]2O[C@@H](n3ccc(=O)[nH]c3=O)[C@@](O)(C#C[Si](C)(C)C)[C@@H]2O[Si](C(C)C)(C(C)C)O1. The number of nitrogens with zero attached hydrogens (tertiary/aromatic N) is 1. The summed E-state index contributed by atoms with van der Waals surface area (Å²) in [6, 6.07) is 1.23. The van der Waals surface area contributed by atoms with Gasteiger partial charge in [0.15, 0.2) is 11.8 Å². The molecule has 1 aromatic heterocycles. The summed E-state index contributed by atoms with van der Waals surface area (Å²) in [7, 11) is -7.87. The highest BCUT2D eigenvalue weighted by Gasteiger charge is 2.65. The summed E-state index contributed by atoms with van der Waals surface area (Å²) in [5, 5.41) is 12.4. The van der Waals surface area contributed by atoms with Crippen LogP contribution in [0, 0.1) is 11.5 Å². The highest BCUT2D eigenvalue weighted by molar-refractivity contribution is 6.84. The van der Waals surface area contributed by atoms with Gasteiger partial charge in [-0.2, -0.15) is 0 Å². The highest BCUT2D eigenvalue weighted by atomic mass is 28.5. The van der Waals surface area contributed by atoms with Crippen molar-refractivity contribution < 1.29 is 22.8 Å². The van der Waals surface area contributed by atoms with Gasteiger partial charge in [-0.1, -0.05) is 81.0 Å². The number of aromatic nitrogens is 2. The average molecular weight is 583 g/mol. The molecule has 0 radical (unpaired) electrons. The molecule has 2 N–H and O–H groups in total. The van der Waals surface area contributed by atoms with Crippen molar-refractivity contribution in [3.8, 4) is 11.5 Å². The van der Waals surface area contributed by atoms with Crippen molar-refractivity contribution in [3.05, 3.63) is 33.1 Å². The molecule has 0 aliphatic carbocycles. The third-order valence-corrected chi connectivity index (χ3v) is 18.6. The first-order valence-corrected chi connectivity index (χ1v) is 21.1. The Hall–Kier alpha value is -1.31. The number of rotatable bonds is 5. The highest BCUT2D eigenvalue weighted by Crippen LogP contribution is 2.50. The van der Waals surface area contributed by atoms with Crippen molar-refractivity contribution in [1.29, 1.82) is 0 Å². The molecule has 0 unspecified atom stereocenters. The number of ether oxygens (including phenoxy) is 1. The van der Waals surface area contributed by atoms with Crippen LogP contribution in [0.5, 0.6) is 0 Å². The summed E-state index contributed by atoms with van der Waals surface area (Å²) in [5.74, 6) is 3.11. The van der Waals surface area contributed by atoms with Gasteiger partial charge in [0.25, 0.3) is 5.56 Å². The maximum Gasteiger partial charge on any atom is 0.335 e. The summed E-state index contributed by atoms with van der Waals surface area (Å²) in [6.45, 7) is 23.4. The van der Waals surface area contributed by atoms with E-state index in [9.17, 15) is 14.7 Å². The monoisotopic (exact) mass is 582 g/mol. The lowest BCUT2D eigenvalue weighted by molar-refractivity contribution is -0.0750. The second-order valence-corrected chi connectivity index (χ2v) is 26.5. The Kier molecular flexibility index (Phi) is 8.98. The standard InChI is InChI=1S/C26H46N2O7Si3/c1-17(2)37(18(3)4)32-16-21-23(34-38(35-37,19(5)6)20(7)8)26(31,13-15-36(9,10)11)24(33-21)28-14-12-22(29)27-25(28)30/h12,14,17-21,23-24,31H,16H2,1-11H3,(H,27,29,30)/t21-,23-,24-,26-/m1/s1. The van der Waals surface area contributed by atoms with E-state index in [0.29, 0.717) is 0 Å². The van der Waals surface area contributed by atoms with Crippen LogP contribution in [-0.4, -0.2) is 64.3 Å². The van der Waals surface area contributed by atoms with Crippen LogP contribution in [0.2, 0.25) is 41.8 Å². The zero-order chi connectivity index (χ0) is 28.8. The van der Waals surface area contributed by atoms with Crippen molar-refractivity contribution in [2.45, 2.75) is 121 Å². The second kappa shape index (κ2) is 10.9. The molecule has 0 bridgehead atoms. The van der Waals surface area contributed by atoms with Gasteiger partial charge in [0.2, 0.25) is 0 Å². The number of hydrogen-bond acceptors (Lipinski definition) is 7. The largest absolute Gasteiger partial charge is 0.414 e. The lowest BCUT2D eigenvalue weighted by atomic mass is 9.95. The molecule has 2 saturated heterocycles. The first kappa shape index (κ1) is 31.2. The molecular formula is C26H46N2O7Si3. The molecule has 12 heteroatoms. The number of fused-ring (bicyclic) bond motifs is 1. The molecule has 214 valence electrons. The molecule has 3 rings (SSSR count). The molecule has 0 amide bonds. The maximum atomic E-state index is 12.9. The van der Waals surface area contributed by atoms with E-state index in [1.54, 1.807) is 0 Å². The van der Waals surface area contributed by atoms with Crippen molar-refractivity contribution >= 4 is 25.2 Å². The Labute approximate surface area is 229 Å². The molecule has 3 heterocycles. The third-order valence-electron chi connectivity index (χ3n) is 7.52. The Morgan fingerprint density at radius 1 is 1.03 bits per heavy atom. The molecule has 2 fully saturated rings. The summed E-state index contributed by atoms with van der Waals surface area (Å²) in [4.78, 5) is 27.0. The number of aliphatic hydroxyl groups is 1. The van der Waals surface area contributed by atoms with Crippen LogP contribution in [0.1, 0.15) is 61.6 Å². The van der Waals surface area contributed by atoms with Crippen molar-refractivity contribution in [3.63, 3.8) is 0 Å². The first-order valence-electron chi connectivity index (χ1n) is 13.6. The van der Waals surface area contributed by atoms with Gasteiger partial charge in [0.1, 0.15) is 20.3 Å². The van der Waals surface area contributed by atoms with E-state index in [1.165, 1.54) is 16.8 Å². The van der Waals surface area contributed by atoms with Gasteiger partial charge < -0.3 is 22.8 Å². The van der Waals surface area contributed by atoms with E-state index < -0.39 is 60.5 Å². The molecule has 38 heavy (non-hydrogen) atoms. The van der Waals surface area contributed by atoms with Gasteiger partial charge in [-0.3, -0.25) is 14.3 Å². The van der Waals surface area contributed by atoms with Crippen LogP contribution >= 0.6 is 0 Å². The number of aromatic amines is 1. The molecule has 0 aromatic carbocycles. The van der Waals surface area contributed by atoms with Crippen molar-refractivity contribution in [2.75, 3.05) is 6.61 Å². The van der Waals surface area contributed by atoms with Crippen LogP contribution in [-0.2, 0) is 17.7 Å². The van der Waals surface area contributed by atoms with Gasteiger partial charge >= 0.3 is 22.8 Å². The molecule has 2 aliphatic rings. The van der Waals surface area contributed by atoms with Crippen LogP contribution < -0.4 is 11.2 Å². The minimum Gasteiger partial charge on any atom is -0.414 e. The van der Waals surface area contributed by atoms with Crippen molar-refractivity contribution in [2.24, 2.45) is 0 Å². The van der Waals surface area contributed by atoms with Gasteiger partial charge in [0, 0.05) is 12.3 Å². The molecule has 4 atom stereocenters. The van der Waals surface area contributed by atoms with Crippen LogP contribution in [0.25, 0.3) is 0 Å². The van der Waals surface area contributed by atoms with Gasteiger partial charge in [-0.05, 0) is 22.2 Å². The summed E-state index contributed by atoms with van der Waals surface area (Å²) >= 11 is 0. The minimum atomic E-state index is -3.09. The maximum absolute atomic E-state index is 12.9. The Morgan fingerprint density at radius 3 is 2.05 bits per heavy atom. The van der Waals surface area contributed by atoms with E-state index in [1.807, 2.05) is 0 Å². The fourth-order valence-corrected chi connectivity index (χ4v) is 17.3. The second-order valence-electron chi connectivity index (χ2n) is 12.9. The van der Waals surface area contributed by atoms with Gasteiger partial charge in [0.05, 0.1) is 6.61 Å². The third kappa shape index (κ3) is 5.62. The van der Waals surface area contributed by atoms with E-state index in [-0.39, 0.29) is 28.8 Å². The number of nitrogens with one attached hydrogen (secondary N) is 1. The molecule has 9 nitrogen and oxygen atoms in total. The zero-order valence-corrected chi connectivity index (χ0v) is 27.7. The van der Waals surface area contributed by atoms with E-state index in [2.05, 4.69) is 91.5 Å². The van der Waals surface area contributed by atoms with Gasteiger partial charge in [-0.25, -0.2) is 4.79 Å². The summed E-state index contributed by atoms with van der Waals surface area (Å²) in [6.07, 6.45) is -1.48. The first-order chi connectivity index (χ1) is 17.4. The minimum absolute atomic E-state index is 0.0401. The van der Waals surface area contributed by atoms with E-state index >= 15 is 0 Å². The predicted octanol–water partition coefficient (Wildman–Crippen LogP) is 4.00. The fraction of sp³-hybridized carbons (Fsp3) is 0.769. The predicted molar refractivity (Wildman–Crippen MR) is 155 cm³/mol. The molecule has 2 aliphatic heterocycles. The summed E-state index contributed by atoms with van der Waals surface area (Å²) < 4.78 is 28.8. The lowest BCUT2D eigenvalue weighted by Gasteiger charge is -2.51. The molecule has 1 aromatic rings. The average Bonchev–Trinajstić information content (AvgIpc) is 3.02. The molecule has 0 saturated carbocycles. The topological polar surface area (TPSA) is 112 Å². The molecular weight excluding hydrogens is 537 g/mol.